The van der Waals surface area contributed by atoms with Crippen LogP contribution in [0.4, 0.5) is 0 Å². The summed E-state index contributed by atoms with van der Waals surface area (Å²) in [6.45, 7) is 2.44. The highest BCUT2D eigenvalue weighted by Gasteiger charge is 2.20. The first-order valence-electron chi connectivity index (χ1n) is 7.99. The molecule has 0 amide bonds. The normalized spacial score (nSPS) is 12.8. The van der Waals surface area contributed by atoms with Gasteiger partial charge < -0.3 is 28.8 Å². The SMILES string of the molecule is CCOC(=O)c1cc2c(cc1Br)OCO2.O=C(O)c1cc2c(cc1Br)OCO2. The number of hydrogen-bond acceptors (Lipinski definition) is 7. The van der Waals surface area contributed by atoms with E-state index in [4.69, 9.17) is 28.8 Å². The van der Waals surface area contributed by atoms with Gasteiger partial charge in [-0.1, -0.05) is 0 Å². The number of carbonyl (C=O) groups excluding carboxylic acids is 1. The molecule has 2 aromatic carbocycles. The topological polar surface area (TPSA) is 101 Å². The zero-order valence-electron chi connectivity index (χ0n) is 14.5. The van der Waals surface area contributed by atoms with E-state index in [1.807, 2.05) is 0 Å². The maximum Gasteiger partial charge on any atom is 0.339 e. The molecule has 0 saturated heterocycles. The van der Waals surface area contributed by atoms with E-state index in [1.54, 1.807) is 25.1 Å². The van der Waals surface area contributed by atoms with Crippen molar-refractivity contribution in [3.63, 3.8) is 0 Å². The van der Waals surface area contributed by atoms with Gasteiger partial charge in [0, 0.05) is 8.95 Å². The number of hydrogen-bond donors (Lipinski definition) is 1. The molecule has 0 fully saturated rings. The van der Waals surface area contributed by atoms with Crippen LogP contribution in [0.2, 0.25) is 0 Å². The summed E-state index contributed by atoms with van der Waals surface area (Å²) in [6.07, 6.45) is 0. The van der Waals surface area contributed by atoms with E-state index < -0.39 is 5.97 Å². The van der Waals surface area contributed by atoms with E-state index in [0.29, 0.717) is 44.1 Å². The Bertz CT molecular complexity index is 928. The highest BCUT2D eigenvalue weighted by molar-refractivity contribution is 9.10. The average molecular weight is 518 g/mol. The van der Waals surface area contributed by atoms with Crippen LogP contribution >= 0.6 is 31.9 Å². The van der Waals surface area contributed by atoms with Gasteiger partial charge in [0.15, 0.2) is 23.0 Å². The number of fused-ring (bicyclic) bond motifs is 2. The number of benzene rings is 2. The number of ether oxygens (including phenoxy) is 5. The number of carbonyl (C=O) groups is 2. The van der Waals surface area contributed by atoms with E-state index in [2.05, 4.69) is 31.9 Å². The Morgan fingerprint density at radius 1 is 0.893 bits per heavy atom. The molecular weight excluding hydrogens is 504 g/mol. The molecule has 2 heterocycles. The quantitative estimate of drug-likeness (QED) is 0.603. The van der Waals surface area contributed by atoms with Gasteiger partial charge in [-0.3, -0.25) is 0 Å². The Kier molecular flexibility index (Phi) is 6.30. The van der Waals surface area contributed by atoms with Crippen molar-refractivity contribution in [3.05, 3.63) is 44.3 Å². The molecule has 0 spiro atoms. The predicted molar refractivity (Wildman–Crippen MR) is 103 cm³/mol. The molecule has 4 rings (SSSR count). The minimum absolute atomic E-state index is 0.144. The third-order valence-corrected chi connectivity index (χ3v) is 4.96. The van der Waals surface area contributed by atoms with Crippen molar-refractivity contribution < 1.29 is 38.4 Å². The lowest BCUT2D eigenvalue weighted by atomic mass is 10.2. The fourth-order valence-electron chi connectivity index (χ4n) is 2.36. The highest BCUT2D eigenvalue weighted by Crippen LogP contribution is 2.37. The fourth-order valence-corrected chi connectivity index (χ4v) is 3.34. The third-order valence-electron chi connectivity index (χ3n) is 3.65. The van der Waals surface area contributed by atoms with Crippen LogP contribution in [0.15, 0.2) is 33.2 Å². The summed E-state index contributed by atoms with van der Waals surface area (Å²) in [6, 6.07) is 6.35. The lowest BCUT2D eigenvalue weighted by Crippen LogP contribution is -2.05. The molecule has 0 saturated carbocycles. The molecule has 148 valence electrons. The van der Waals surface area contributed by atoms with Crippen LogP contribution in [-0.4, -0.2) is 37.2 Å². The predicted octanol–water partition coefficient (Wildman–Crippen LogP) is 4.23. The molecule has 0 unspecified atom stereocenters. The van der Waals surface area contributed by atoms with E-state index in [1.165, 1.54) is 6.07 Å². The average Bonchev–Trinajstić information content (AvgIpc) is 3.28. The van der Waals surface area contributed by atoms with Gasteiger partial charge in [-0.05, 0) is 63.0 Å². The van der Waals surface area contributed by atoms with Crippen LogP contribution in [0.3, 0.4) is 0 Å². The zero-order chi connectivity index (χ0) is 20.3. The van der Waals surface area contributed by atoms with Crippen molar-refractivity contribution in [2.24, 2.45) is 0 Å². The maximum atomic E-state index is 11.5. The van der Waals surface area contributed by atoms with E-state index in [-0.39, 0.29) is 25.1 Å². The molecule has 8 nitrogen and oxygen atoms in total. The Morgan fingerprint density at radius 3 is 1.79 bits per heavy atom. The zero-order valence-corrected chi connectivity index (χ0v) is 17.7. The Labute approximate surface area is 176 Å². The van der Waals surface area contributed by atoms with Gasteiger partial charge in [0.1, 0.15) is 0 Å². The van der Waals surface area contributed by atoms with Crippen LogP contribution in [0.25, 0.3) is 0 Å². The van der Waals surface area contributed by atoms with Gasteiger partial charge in [-0.15, -0.1) is 0 Å². The van der Waals surface area contributed by atoms with Crippen molar-refractivity contribution in [1.82, 2.24) is 0 Å². The van der Waals surface area contributed by atoms with Gasteiger partial charge in [-0.2, -0.15) is 0 Å². The second-order valence-electron chi connectivity index (χ2n) is 5.40. The molecule has 0 aliphatic carbocycles. The third kappa shape index (κ3) is 4.33. The summed E-state index contributed by atoms with van der Waals surface area (Å²) >= 11 is 6.42. The number of halogens is 2. The standard InChI is InChI=1S/C10H9BrO4.C8H5BrO4/c1-2-13-10(12)6-3-8-9(4-7(6)11)15-5-14-8;9-5-2-7-6(12-3-13-7)1-4(5)8(10)11/h3-4H,2,5H2,1H3;1-2H,3H2,(H,10,11). The number of esters is 1. The van der Waals surface area contributed by atoms with Crippen LogP contribution < -0.4 is 18.9 Å². The molecule has 2 aliphatic heterocycles. The first-order chi connectivity index (χ1) is 13.4. The first kappa shape index (κ1) is 20.3. The molecule has 10 heteroatoms. The molecule has 0 radical (unpaired) electrons. The van der Waals surface area contributed by atoms with Crippen molar-refractivity contribution in [3.8, 4) is 23.0 Å². The van der Waals surface area contributed by atoms with Crippen LogP contribution in [0, 0.1) is 0 Å². The summed E-state index contributed by atoms with van der Waals surface area (Å²) in [4.78, 5) is 22.2. The van der Waals surface area contributed by atoms with Gasteiger partial charge in [0.05, 0.1) is 17.7 Å². The van der Waals surface area contributed by atoms with Crippen LogP contribution in [0.5, 0.6) is 23.0 Å². The highest BCUT2D eigenvalue weighted by atomic mass is 79.9. The second kappa shape index (κ2) is 8.70. The molecule has 2 aromatic rings. The molecular formula is C18H14Br2O8. The van der Waals surface area contributed by atoms with Crippen molar-refractivity contribution >= 4 is 43.8 Å². The van der Waals surface area contributed by atoms with Crippen molar-refractivity contribution in [1.29, 1.82) is 0 Å². The van der Waals surface area contributed by atoms with Crippen molar-refractivity contribution in [2.75, 3.05) is 20.2 Å². The monoisotopic (exact) mass is 516 g/mol. The number of rotatable bonds is 3. The Hall–Kier alpha value is -2.46. The molecule has 0 bridgehead atoms. The van der Waals surface area contributed by atoms with Gasteiger partial charge in [0.2, 0.25) is 13.6 Å². The molecule has 0 aromatic heterocycles. The molecule has 28 heavy (non-hydrogen) atoms. The van der Waals surface area contributed by atoms with Crippen LogP contribution in [0.1, 0.15) is 27.6 Å². The first-order valence-corrected chi connectivity index (χ1v) is 9.58. The summed E-state index contributed by atoms with van der Waals surface area (Å²) in [5.74, 6) is 0.876. The fraction of sp³-hybridized carbons (Fsp3) is 0.222. The number of aromatic carboxylic acids is 1. The van der Waals surface area contributed by atoms with E-state index >= 15 is 0 Å². The number of carboxylic acids is 1. The van der Waals surface area contributed by atoms with E-state index in [0.717, 1.165) is 0 Å². The van der Waals surface area contributed by atoms with Gasteiger partial charge in [0.25, 0.3) is 0 Å². The van der Waals surface area contributed by atoms with E-state index in [9.17, 15) is 9.59 Å². The summed E-state index contributed by atoms with van der Waals surface area (Å²) in [5, 5.41) is 8.77. The lowest BCUT2D eigenvalue weighted by Gasteiger charge is -2.05. The minimum atomic E-state index is -0.995. The largest absolute Gasteiger partial charge is 0.478 e. The maximum absolute atomic E-state index is 11.5. The molecule has 1 N–H and O–H groups in total. The Balaban J connectivity index is 0.000000162. The van der Waals surface area contributed by atoms with Crippen molar-refractivity contribution in [2.45, 2.75) is 6.92 Å². The van der Waals surface area contributed by atoms with Gasteiger partial charge in [-0.25, -0.2) is 9.59 Å². The lowest BCUT2D eigenvalue weighted by molar-refractivity contribution is 0.0524. The summed E-state index contributed by atoms with van der Waals surface area (Å²) < 4.78 is 26.5. The van der Waals surface area contributed by atoms with Gasteiger partial charge >= 0.3 is 11.9 Å². The van der Waals surface area contributed by atoms with Crippen LogP contribution in [-0.2, 0) is 4.74 Å². The molecule has 0 atom stereocenters. The smallest absolute Gasteiger partial charge is 0.339 e. The Morgan fingerprint density at radius 2 is 1.32 bits per heavy atom. The number of carboxylic acid groups (broad SMARTS) is 1. The summed E-state index contributed by atoms with van der Waals surface area (Å²) in [5.41, 5.74) is 0.616. The second-order valence-corrected chi connectivity index (χ2v) is 7.10. The minimum Gasteiger partial charge on any atom is -0.478 e. The molecule has 2 aliphatic rings. The summed E-state index contributed by atoms with van der Waals surface area (Å²) in [7, 11) is 0.